The van der Waals surface area contributed by atoms with Gasteiger partial charge in [-0.1, -0.05) is 20.8 Å². The second-order valence-corrected chi connectivity index (χ2v) is 6.69. The molecular formula is C14H27NO3. The van der Waals surface area contributed by atoms with E-state index in [9.17, 15) is 9.90 Å². The Labute approximate surface area is 110 Å². The molecule has 0 radical (unpaired) electrons. The second-order valence-electron chi connectivity index (χ2n) is 6.69. The highest BCUT2D eigenvalue weighted by molar-refractivity contribution is 5.70. The number of rotatable bonds is 5. The van der Waals surface area contributed by atoms with E-state index in [1.807, 2.05) is 6.92 Å². The number of carbonyl (C=O) groups is 1. The maximum absolute atomic E-state index is 10.9. The van der Waals surface area contributed by atoms with Crippen molar-refractivity contribution in [3.63, 3.8) is 0 Å². The molecule has 3 N–H and O–H groups in total. The van der Waals surface area contributed by atoms with Gasteiger partial charge in [0.2, 0.25) is 0 Å². The standard InChI is InChI=1S/C14H27NO3/c1-10(12(16)17)11(2)15-9-14(18)7-5-13(3,4)6-8-14/h10-11,15,18H,5-9H2,1-4H3,(H,16,17). The van der Waals surface area contributed by atoms with Crippen molar-refractivity contribution in [2.45, 2.75) is 65.0 Å². The van der Waals surface area contributed by atoms with Crippen LogP contribution in [0.4, 0.5) is 0 Å². The summed E-state index contributed by atoms with van der Waals surface area (Å²) >= 11 is 0. The summed E-state index contributed by atoms with van der Waals surface area (Å²) in [6.45, 7) is 8.50. The third kappa shape index (κ3) is 4.25. The highest BCUT2D eigenvalue weighted by atomic mass is 16.4. The summed E-state index contributed by atoms with van der Waals surface area (Å²) in [5.41, 5.74) is -0.339. The van der Waals surface area contributed by atoms with Crippen LogP contribution in [0.5, 0.6) is 0 Å². The molecule has 1 aliphatic rings. The highest BCUT2D eigenvalue weighted by Crippen LogP contribution is 2.39. The van der Waals surface area contributed by atoms with E-state index in [0.717, 1.165) is 25.7 Å². The molecule has 2 unspecified atom stereocenters. The van der Waals surface area contributed by atoms with Gasteiger partial charge in [-0.25, -0.2) is 0 Å². The van der Waals surface area contributed by atoms with E-state index in [1.54, 1.807) is 6.92 Å². The van der Waals surface area contributed by atoms with Crippen LogP contribution >= 0.6 is 0 Å². The lowest BCUT2D eigenvalue weighted by Gasteiger charge is -2.41. The molecule has 0 aromatic rings. The Morgan fingerprint density at radius 2 is 1.72 bits per heavy atom. The molecule has 0 aromatic carbocycles. The lowest BCUT2D eigenvalue weighted by Crippen LogP contribution is -2.49. The molecule has 0 saturated heterocycles. The third-order valence-corrected chi connectivity index (χ3v) is 4.43. The van der Waals surface area contributed by atoms with E-state index in [4.69, 9.17) is 5.11 Å². The van der Waals surface area contributed by atoms with Crippen molar-refractivity contribution in [1.82, 2.24) is 5.32 Å². The molecule has 4 heteroatoms. The first-order valence-electron chi connectivity index (χ1n) is 6.84. The molecule has 1 saturated carbocycles. The Kier molecular flexibility index (Phi) is 4.78. The van der Waals surface area contributed by atoms with E-state index >= 15 is 0 Å². The number of carboxylic acids is 1. The van der Waals surface area contributed by atoms with Gasteiger partial charge in [-0.15, -0.1) is 0 Å². The predicted molar refractivity (Wildman–Crippen MR) is 71.5 cm³/mol. The van der Waals surface area contributed by atoms with Gasteiger partial charge in [0, 0.05) is 12.6 Å². The Hall–Kier alpha value is -0.610. The van der Waals surface area contributed by atoms with Crippen molar-refractivity contribution >= 4 is 5.97 Å². The summed E-state index contributed by atoms with van der Waals surface area (Å²) in [7, 11) is 0. The molecule has 0 aliphatic heterocycles. The number of aliphatic hydroxyl groups is 1. The fourth-order valence-corrected chi connectivity index (χ4v) is 2.31. The zero-order chi connectivity index (χ0) is 14.0. The number of carboxylic acid groups (broad SMARTS) is 1. The summed E-state index contributed by atoms with van der Waals surface area (Å²) in [5.74, 6) is -1.24. The molecule has 1 fully saturated rings. The molecule has 106 valence electrons. The Bertz CT molecular complexity index is 291. The normalized spacial score (nSPS) is 25.4. The minimum absolute atomic E-state index is 0.124. The van der Waals surface area contributed by atoms with Crippen molar-refractivity contribution in [3.8, 4) is 0 Å². The van der Waals surface area contributed by atoms with Gasteiger partial charge in [0.15, 0.2) is 0 Å². The summed E-state index contributed by atoms with van der Waals surface area (Å²) < 4.78 is 0. The average Bonchev–Trinajstić information content (AvgIpc) is 2.30. The van der Waals surface area contributed by atoms with Crippen molar-refractivity contribution in [2.75, 3.05) is 6.54 Å². The van der Waals surface area contributed by atoms with Crippen LogP contribution < -0.4 is 5.32 Å². The largest absolute Gasteiger partial charge is 0.481 e. The predicted octanol–water partition coefficient (Wildman–Crippen LogP) is 2.02. The van der Waals surface area contributed by atoms with E-state index in [0.29, 0.717) is 12.0 Å². The summed E-state index contributed by atoms with van der Waals surface area (Å²) in [6, 6.07) is -0.124. The molecule has 0 bridgehead atoms. The molecule has 1 rings (SSSR count). The van der Waals surface area contributed by atoms with Crippen LogP contribution in [-0.2, 0) is 4.79 Å². The van der Waals surface area contributed by atoms with Crippen LogP contribution in [0.15, 0.2) is 0 Å². The van der Waals surface area contributed by atoms with Crippen LogP contribution in [0.1, 0.15) is 53.4 Å². The van der Waals surface area contributed by atoms with Crippen molar-refractivity contribution < 1.29 is 15.0 Å². The Balaban J connectivity index is 2.41. The van der Waals surface area contributed by atoms with E-state index in [1.165, 1.54) is 0 Å². The van der Waals surface area contributed by atoms with Gasteiger partial charge in [0.05, 0.1) is 11.5 Å². The molecule has 18 heavy (non-hydrogen) atoms. The SMILES string of the molecule is CC(NCC1(O)CCC(C)(C)CC1)C(C)C(=O)O. The molecule has 2 atom stereocenters. The minimum Gasteiger partial charge on any atom is -0.481 e. The van der Waals surface area contributed by atoms with Gasteiger partial charge < -0.3 is 15.5 Å². The van der Waals surface area contributed by atoms with Gasteiger partial charge in [-0.2, -0.15) is 0 Å². The summed E-state index contributed by atoms with van der Waals surface area (Å²) in [6.07, 6.45) is 3.63. The number of hydrogen-bond donors (Lipinski definition) is 3. The van der Waals surface area contributed by atoms with E-state index in [-0.39, 0.29) is 6.04 Å². The fraction of sp³-hybridized carbons (Fsp3) is 0.929. The molecule has 0 spiro atoms. The fourth-order valence-electron chi connectivity index (χ4n) is 2.31. The maximum Gasteiger partial charge on any atom is 0.307 e. The van der Waals surface area contributed by atoms with Crippen LogP contribution in [-0.4, -0.2) is 34.4 Å². The number of aliphatic carboxylic acids is 1. The monoisotopic (exact) mass is 257 g/mol. The Morgan fingerprint density at radius 3 is 2.17 bits per heavy atom. The zero-order valence-corrected chi connectivity index (χ0v) is 12.0. The lowest BCUT2D eigenvalue weighted by atomic mass is 9.71. The second kappa shape index (κ2) is 5.57. The van der Waals surface area contributed by atoms with Crippen LogP contribution in [0.3, 0.4) is 0 Å². The van der Waals surface area contributed by atoms with Gasteiger partial charge >= 0.3 is 5.97 Å². The zero-order valence-electron chi connectivity index (χ0n) is 12.0. The molecular weight excluding hydrogens is 230 g/mol. The van der Waals surface area contributed by atoms with Gasteiger partial charge in [-0.05, 0) is 38.0 Å². The number of nitrogens with one attached hydrogen (secondary N) is 1. The molecule has 0 amide bonds. The van der Waals surface area contributed by atoms with Crippen molar-refractivity contribution in [2.24, 2.45) is 11.3 Å². The van der Waals surface area contributed by atoms with Crippen molar-refractivity contribution in [1.29, 1.82) is 0 Å². The molecule has 4 nitrogen and oxygen atoms in total. The van der Waals surface area contributed by atoms with Crippen molar-refractivity contribution in [3.05, 3.63) is 0 Å². The van der Waals surface area contributed by atoms with Crippen LogP contribution in [0, 0.1) is 11.3 Å². The average molecular weight is 257 g/mol. The van der Waals surface area contributed by atoms with E-state index < -0.39 is 17.5 Å². The molecule has 1 aliphatic carbocycles. The topological polar surface area (TPSA) is 69.6 Å². The van der Waals surface area contributed by atoms with Crippen LogP contribution in [0.2, 0.25) is 0 Å². The third-order valence-electron chi connectivity index (χ3n) is 4.43. The molecule has 0 heterocycles. The molecule has 0 aromatic heterocycles. The number of hydrogen-bond acceptors (Lipinski definition) is 3. The summed E-state index contributed by atoms with van der Waals surface area (Å²) in [5, 5.41) is 22.6. The summed E-state index contributed by atoms with van der Waals surface area (Å²) in [4.78, 5) is 10.9. The quantitative estimate of drug-likeness (QED) is 0.704. The van der Waals surface area contributed by atoms with Gasteiger partial charge in [0.1, 0.15) is 0 Å². The maximum atomic E-state index is 10.9. The Morgan fingerprint density at radius 1 is 1.22 bits per heavy atom. The minimum atomic E-state index is -0.799. The van der Waals surface area contributed by atoms with Crippen LogP contribution in [0.25, 0.3) is 0 Å². The first-order valence-corrected chi connectivity index (χ1v) is 6.84. The van der Waals surface area contributed by atoms with Gasteiger partial charge in [0.25, 0.3) is 0 Å². The smallest absolute Gasteiger partial charge is 0.307 e. The first kappa shape index (κ1) is 15.4. The lowest BCUT2D eigenvalue weighted by molar-refractivity contribution is -0.142. The van der Waals surface area contributed by atoms with E-state index in [2.05, 4.69) is 19.2 Å². The van der Waals surface area contributed by atoms with Gasteiger partial charge in [-0.3, -0.25) is 4.79 Å². The first-order chi connectivity index (χ1) is 8.15. The highest BCUT2D eigenvalue weighted by Gasteiger charge is 2.36.